The summed E-state index contributed by atoms with van der Waals surface area (Å²) in [5.41, 5.74) is 2.49. The number of benzene rings is 1. The van der Waals surface area contributed by atoms with Crippen LogP contribution in [-0.4, -0.2) is 39.1 Å². The van der Waals surface area contributed by atoms with Gasteiger partial charge in [-0.25, -0.2) is 4.98 Å². The Morgan fingerprint density at radius 1 is 1.04 bits per heavy atom. The van der Waals surface area contributed by atoms with E-state index in [0.29, 0.717) is 16.3 Å². The number of amides is 2. The number of thioether (sulfide) groups is 1. The largest absolute Gasteiger partial charge is 0.286 e. The molecule has 0 spiro atoms. The van der Waals surface area contributed by atoms with Crippen molar-refractivity contribution in [3.63, 3.8) is 0 Å². The number of hydrogen-bond donors (Lipinski definition) is 0. The maximum Gasteiger partial charge on any atom is 0.261 e. The third-order valence-electron chi connectivity index (χ3n) is 4.76. The van der Waals surface area contributed by atoms with Crippen molar-refractivity contribution in [3.05, 3.63) is 57.0 Å². The number of aromatic nitrogens is 2. The van der Waals surface area contributed by atoms with Gasteiger partial charge in [-0.1, -0.05) is 23.9 Å². The van der Waals surface area contributed by atoms with Crippen molar-refractivity contribution in [3.8, 4) is 0 Å². The fraction of sp³-hybridized carbons (Fsp3) is 0.333. The average Bonchev–Trinajstić information content (AvgIpc) is 3.19. The molecule has 1 aromatic heterocycles. The molecule has 2 amide bonds. The second-order valence-electron chi connectivity index (χ2n) is 6.14. The Morgan fingerprint density at radius 2 is 1.72 bits per heavy atom. The van der Waals surface area contributed by atoms with Crippen molar-refractivity contribution < 1.29 is 9.59 Å². The standard InChI is InChI=1S/C18H17N3O3S/c1-25-18-19-14-8-4-7-13(14)17(24)21(18)10-9-20-15(22)11-5-2-3-6-12(11)16(20)23/h2-3,5-6H,4,7-10H2,1H3. The first kappa shape index (κ1) is 16.1. The Labute approximate surface area is 148 Å². The summed E-state index contributed by atoms with van der Waals surface area (Å²) in [5, 5.41) is 0.641. The molecule has 2 heterocycles. The highest BCUT2D eigenvalue weighted by molar-refractivity contribution is 7.98. The van der Waals surface area contributed by atoms with E-state index in [4.69, 9.17) is 0 Å². The highest BCUT2D eigenvalue weighted by Gasteiger charge is 2.35. The molecule has 0 atom stereocenters. The van der Waals surface area contributed by atoms with E-state index in [0.717, 1.165) is 30.5 Å². The minimum absolute atomic E-state index is 0.0385. The van der Waals surface area contributed by atoms with E-state index in [1.54, 1.807) is 28.8 Å². The van der Waals surface area contributed by atoms with Crippen molar-refractivity contribution in [1.82, 2.24) is 14.5 Å². The molecule has 2 aromatic rings. The summed E-state index contributed by atoms with van der Waals surface area (Å²) < 4.78 is 1.60. The summed E-state index contributed by atoms with van der Waals surface area (Å²) in [5.74, 6) is -0.595. The van der Waals surface area contributed by atoms with Crippen LogP contribution in [0.15, 0.2) is 34.2 Å². The number of imide groups is 1. The molecule has 0 unspecified atom stereocenters. The summed E-state index contributed by atoms with van der Waals surface area (Å²) in [4.78, 5) is 43.5. The Balaban J connectivity index is 1.62. The zero-order valence-corrected chi connectivity index (χ0v) is 14.6. The Bertz CT molecular complexity index is 916. The van der Waals surface area contributed by atoms with Gasteiger partial charge in [0.15, 0.2) is 5.16 Å². The molecule has 1 aliphatic carbocycles. The maximum atomic E-state index is 12.7. The molecular formula is C18H17N3O3S. The van der Waals surface area contributed by atoms with Crippen molar-refractivity contribution >= 4 is 23.6 Å². The molecule has 0 saturated heterocycles. The van der Waals surface area contributed by atoms with Crippen LogP contribution in [0.1, 0.15) is 38.4 Å². The molecule has 7 heteroatoms. The van der Waals surface area contributed by atoms with E-state index in [2.05, 4.69) is 4.98 Å². The Hall–Kier alpha value is -2.41. The van der Waals surface area contributed by atoms with Gasteiger partial charge in [0.1, 0.15) is 0 Å². The van der Waals surface area contributed by atoms with Crippen LogP contribution in [0.2, 0.25) is 0 Å². The van der Waals surface area contributed by atoms with Crippen molar-refractivity contribution in [2.24, 2.45) is 0 Å². The second kappa shape index (κ2) is 6.15. The van der Waals surface area contributed by atoms with E-state index in [9.17, 15) is 14.4 Å². The summed E-state index contributed by atoms with van der Waals surface area (Å²) in [7, 11) is 0. The van der Waals surface area contributed by atoms with E-state index in [1.165, 1.54) is 16.7 Å². The van der Waals surface area contributed by atoms with E-state index in [1.807, 2.05) is 6.26 Å². The highest BCUT2D eigenvalue weighted by Crippen LogP contribution is 2.23. The number of nitrogens with zero attached hydrogens (tertiary/aromatic N) is 3. The molecule has 0 N–H and O–H groups in total. The molecule has 6 nitrogen and oxygen atoms in total. The van der Waals surface area contributed by atoms with Crippen LogP contribution in [0.25, 0.3) is 0 Å². The SMILES string of the molecule is CSc1nc2c(c(=O)n1CCN1C(=O)c3ccccc3C1=O)CCC2. The monoisotopic (exact) mass is 355 g/mol. The third-order valence-corrected chi connectivity index (χ3v) is 5.44. The van der Waals surface area contributed by atoms with Gasteiger partial charge < -0.3 is 0 Å². The second-order valence-corrected chi connectivity index (χ2v) is 6.92. The van der Waals surface area contributed by atoms with Crippen molar-refractivity contribution in [2.45, 2.75) is 31.0 Å². The number of fused-ring (bicyclic) bond motifs is 2. The smallest absolute Gasteiger partial charge is 0.261 e. The zero-order chi connectivity index (χ0) is 17.6. The number of rotatable bonds is 4. The zero-order valence-electron chi connectivity index (χ0n) is 13.8. The summed E-state index contributed by atoms with van der Waals surface area (Å²) >= 11 is 1.41. The number of carbonyl (C=O) groups is 2. The van der Waals surface area contributed by atoms with Crippen LogP contribution in [-0.2, 0) is 19.4 Å². The molecule has 4 rings (SSSR count). The van der Waals surface area contributed by atoms with Crippen LogP contribution in [0.5, 0.6) is 0 Å². The van der Waals surface area contributed by atoms with Crippen molar-refractivity contribution in [2.75, 3.05) is 12.8 Å². The number of aryl methyl sites for hydroxylation is 1. The van der Waals surface area contributed by atoms with E-state index < -0.39 is 0 Å². The fourth-order valence-corrected chi connectivity index (χ4v) is 4.10. The van der Waals surface area contributed by atoms with Gasteiger partial charge >= 0.3 is 0 Å². The lowest BCUT2D eigenvalue weighted by molar-refractivity contribution is 0.0647. The normalized spacial score (nSPS) is 15.6. The van der Waals surface area contributed by atoms with Gasteiger partial charge in [-0.2, -0.15) is 0 Å². The minimum atomic E-state index is -0.298. The Morgan fingerprint density at radius 3 is 2.36 bits per heavy atom. The first-order valence-corrected chi connectivity index (χ1v) is 9.46. The van der Waals surface area contributed by atoms with Crippen LogP contribution in [0.4, 0.5) is 0 Å². The first-order chi connectivity index (χ1) is 12.1. The quantitative estimate of drug-likeness (QED) is 0.475. The molecule has 0 radical (unpaired) electrons. The molecule has 128 valence electrons. The van der Waals surface area contributed by atoms with Crippen LogP contribution >= 0.6 is 11.8 Å². The van der Waals surface area contributed by atoms with Gasteiger partial charge in [-0.3, -0.25) is 23.9 Å². The molecule has 0 fully saturated rings. The summed E-state index contributed by atoms with van der Waals surface area (Å²) in [6.45, 7) is 0.432. The topological polar surface area (TPSA) is 72.3 Å². The molecule has 2 aliphatic rings. The van der Waals surface area contributed by atoms with Gasteiger partial charge in [0.2, 0.25) is 0 Å². The fourth-order valence-electron chi connectivity index (χ4n) is 3.50. The number of hydrogen-bond acceptors (Lipinski definition) is 5. The van der Waals surface area contributed by atoms with E-state index in [-0.39, 0.29) is 30.5 Å². The summed E-state index contributed by atoms with van der Waals surface area (Å²) in [6.07, 6.45) is 4.43. The van der Waals surface area contributed by atoms with Gasteiger partial charge in [-0.05, 0) is 37.7 Å². The van der Waals surface area contributed by atoms with Gasteiger partial charge in [0.05, 0.1) is 16.8 Å². The van der Waals surface area contributed by atoms with Crippen LogP contribution < -0.4 is 5.56 Å². The first-order valence-electron chi connectivity index (χ1n) is 8.23. The average molecular weight is 355 g/mol. The van der Waals surface area contributed by atoms with E-state index >= 15 is 0 Å². The summed E-state index contributed by atoms with van der Waals surface area (Å²) in [6, 6.07) is 6.81. The molecule has 0 saturated carbocycles. The molecule has 0 bridgehead atoms. The Kier molecular flexibility index (Phi) is 3.95. The molecule has 25 heavy (non-hydrogen) atoms. The van der Waals surface area contributed by atoms with Gasteiger partial charge in [0.25, 0.3) is 17.4 Å². The van der Waals surface area contributed by atoms with Crippen molar-refractivity contribution in [1.29, 1.82) is 0 Å². The van der Waals surface area contributed by atoms with Gasteiger partial charge in [0, 0.05) is 18.7 Å². The highest BCUT2D eigenvalue weighted by atomic mass is 32.2. The molecule has 1 aromatic carbocycles. The maximum absolute atomic E-state index is 12.7. The number of carbonyl (C=O) groups excluding carboxylic acids is 2. The molecule has 1 aliphatic heterocycles. The predicted molar refractivity (Wildman–Crippen MR) is 94.1 cm³/mol. The van der Waals surface area contributed by atoms with Gasteiger partial charge in [-0.15, -0.1) is 0 Å². The predicted octanol–water partition coefficient (Wildman–Crippen LogP) is 1.75. The third kappa shape index (κ3) is 2.50. The van der Waals surface area contributed by atoms with Crippen LogP contribution in [0.3, 0.4) is 0 Å². The lowest BCUT2D eigenvalue weighted by Crippen LogP contribution is -2.36. The lowest BCUT2D eigenvalue weighted by Gasteiger charge is -2.17. The molecular weight excluding hydrogens is 338 g/mol. The van der Waals surface area contributed by atoms with Crippen LogP contribution in [0, 0.1) is 0 Å². The minimum Gasteiger partial charge on any atom is -0.286 e. The lowest BCUT2D eigenvalue weighted by atomic mass is 10.1.